The number of halogens is 2. The summed E-state index contributed by atoms with van der Waals surface area (Å²) in [5, 5.41) is 4.06. The summed E-state index contributed by atoms with van der Waals surface area (Å²) in [6.45, 7) is 2.70. The summed E-state index contributed by atoms with van der Waals surface area (Å²) >= 11 is 13.7. The standard InChI is InChI=1S/C15H13Cl2NOS/c1-8-6-11-10(4-5-18-15(19)14(11)20-8)9-2-3-12(16)13(17)7-9/h2-3,6-7,10H,4-5H2,1H3,(H,18,19). The molecule has 0 spiro atoms. The Morgan fingerprint density at radius 2 is 2.05 bits per heavy atom. The Labute approximate surface area is 131 Å². The SMILES string of the molecule is Cc1cc2c(s1)C(=O)NCCC2c1ccc(Cl)c(Cl)c1. The monoisotopic (exact) mass is 325 g/mol. The lowest BCUT2D eigenvalue weighted by atomic mass is 9.89. The van der Waals surface area contributed by atoms with Crippen molar-refractivity contribution in [2.45, 2.75) is 19.3 Å². The van der Waals surface area contributed by atoms with E-state index < -0.39 is 0 Å². The van der Waals surface area contributed by atoms with Crippen molar-refractivity contribution < 1.29 is 4.79 Å². The van der Waals surface area contributed by atoms with Gasteiger partial charge in [0.25, 0.3) is 5.91 Å². The molecular formula is C15H13Cl2NOS. The van der Waals surface area contributed by atoms with Crippen molar-refractivity contribution in [3.8, 4) is 0 Å². The van der Waals surface area contributed by atoms with Crippen LogP contribution < -0.4 is 5.32 Å². The summed E-state index contributed by atoms with van der Waals surface area (Å²) in [6, 6.07) is 7.82. The smallest absolute Gasteiger partial charge is 0.261 e. The molecule has 2 nitrogen and oxygen atoms in total. The number of carbonyl (C=O) groups excluding carboxylic acids is 1. The van der Waals surface area contributed by atoms with Crippen LogP contribution in [0, 0.1) is 6.92 Å². The van der Waals surface area contributed by atoms with Crippen LogP contribution in [-0.2, 0) is 0 Å². The number of aryl methyl sites for hydroxylation is 1. The van der Waals surface area contributed by atoms with Crippen LogP contribution in [0.4, 0.5) is 0 Å². The average molecular weight is 326 g/mol. The van der Waals surface area contributed by atoms with Crippen molar-refractivity contribution in [3.05, 3.63) is 55.2 Å². The number of nitrogens with one attached hydrogen (secondary N) is 1. The minimum atomic E-state index is 0.0284. The molecule has 20 heavy (non-hydrogen) atoms. The number of hydrogen-bond acceptors (Lipinski definition) is 2. The third-order valence-corrected chi connectivity index (χ3v) is 5.33. The number of hydrogen-bond donors (Lipinski definition) is 1. The van der Waals surface area contributed by atoms with Crippen LogP contribution in [0.2, 0.25) is 10.0 Å². The Kier molecular flexibility index (Phi) is 3.76. The summed E-state index contributed by atoms with van der Waals surface area (Å²) in [4.78, 5) is 14.0. The van der Waals surface area contributed by atoms with Gasteiger partial charge in [0.1, 0.15) is 0 Å². The second-order valence-electron chi connectivity index (χ2n) is 4.91. The van der Waals surface area contributed by atoms with Crippen LogP contribution in [0.3, 0.4) is 0 Å². The van der Waals surface area contributed by atoms with Crippen LogP contribution in [0.25, 0.3) is 0 Å². The summed E-state index contributed by atoms with van der Waals surface area (Å²) in [5.74, 6) is 0.212. The number of rotatable bonds is 1. The predicted molar refractivity (Wildman–Crippen MR) is 84.3 cm³/mol. The zero-order valence-electron chi connectivity index (χ0n) is 10.9. The largest absolute Gasteiger partial charge is 0.351 e. The fourth-order valence-corrected chi connectivity index (χ4v) is 3.91. The normalized spacial score (nSPS) is 18.4. The van der Waals surface area contributed by atoms with E-state index in [4.69, 9.17) is 23.2 Å². The van der Waals surface area contributed by atoms with E-state index in [1.165, 1.54) is 0 Å². The zero-order valence-corrected chi connectivity index (χ0v) is 13.2. The van der Waals surface area contributed by atoms with E-state index in [1.54, 1.807) is 11.3 Å². The molecule has 1 N–H and O–H groups in total. The highest BCUT2D eigenvalue weighted by atomic mass is 35.5. The lowest BCUT2D eigenvalue weighted by Crippen LogP contribution is -2.21. The summed E-state index contributed by atoms with van der Waals surface area (Å²) in [6.07, 6.45) is 0.868. The number of carbonyl (C=O) groups is 1. The van der Waals surface area contributed by atoms with Gasteiger partial charge in [-0.15, -0.1) is 11.3 Å². The lowest BCUT2D eigenvalue weighted by molar-refractivity contribution is 0.0960. The van der Waals surface area contributed by atoms with E-state index in [2.05, 4.69) is 11.4 Å². The fourth-order valence-electron chi connectivity index (χ4n) is 2.61. The molecule has 1 aromatic carbocycles. The van der Waals surface area contributed by atoms with Gasteiger partial charge in [-0.05, 0) is 42.7 Å². The van der Waals surface area contributed by atoms with Gasteiger partial charge < -0.3 is 5.32 Å². The molecule has 3 rings (SSSR count). The minimum Gasteiger partial charge on any atom is -0.351 e. The third kappa shape index (κ3) is 2.46. The molecule has 1 aromatic heterocycles. The van der Waals surface area contributed by atoms with Crippen LogP contribution in [0.1, 0.15) is 38.0 Å². The van der Waals surface area contributed by atoms with Gasteiger partial charge in [0.15, 0.2) is 0 Å². The van der Waals surface area contributed by atoms with Crippen molar-refractivity contribution >= 4 is 40.4 Å². The van der Waals surface area contributed by atoms with Gasteiger partial charge in [0, 0.05) is 17.3 Å². The Morgan fingerprint density at radius 3 is 2.80 bits per heavy atom. The molecule has 2 aromatic rings. The van der Waals surface area contributed by atoms with Crippen LogP contribution in [0.15, 0.2) is 24.3 Å². The van der Waals surface area contributed by atoms with Crippen molar-refractivity contribution in [1.29, 1.82) is 0 Å². The highest BCUT2D eigenvalue weighted by Crippen LogP contribution is 2.38. The molecule has 0 aliphatic carbocycles. The van der Waals surface area contributed by atoms with E-state index in [-0.39, 0.29) is 11.8 Å². The summed E-state index contributed by atoms with van der Waals surface area (Å²) in [5.41, 5.74) is 2.20. The number of benzene rings is 1. The van der Waals surface area contributed by atoms with Gasteiger partial charge in [0.2, 0.25) is 0 Å². The molecule has 0 fully saturated rings. The Hall–Kier alpha value is -1.03. The van der Waals surface area contributed by atoms with E-state index in [1.807, 2.05) is 25.1 Å². The zero-order chi connectivity index (χ0) is 14.3. The van der Waals surface area contributed by atoms with Gasteiger partial charge in [-0.1, -0.05) is 29.3 Å². The second kappa shape index (κ2) is 5.40. The molecule has 0 radical (unpaired) electrons. The molecule has 2 heterocycles. The Balaban J connectivity index is 2.10. The van der Waals surface area contributed by atoms with Gasteiger partial charge in [-0.25, -0.2) is 0 Å². The average Bonchev–Trinajstić information content (AvgIpc) is 2.73. The summed E-state index contributed by atoms with van der Waals surface area (Å²) < 4.78 is 0. The van der Waals surface area contributed by atoms with Gasteiger partial charge in [-0.3, -0.25) is 4.79 Å². The predicted octanol–water partition coefficient (Wildman–Crippen LogP) is 4.63. The van der Waals surface area contributed by atoms with Crippen molar-refractivity contribution in [1.82, 2.24) is 5.32 Å². The van der Waals surface area contributed by atoms with Gasteiger partial charge in [0.05, 0.1) is 14.9 Å². The first-order chi connectivity index (χ1) is 9.56. The van der Waals surface area contributed by atoms with E-state index >= 15 is 0 Å². The number of fused-ring (bicyclic) bond motifs is 1. The highest BCUT2D eigenvalue weighted by Gasteiger charge is 2.26. The van der Waals surface area contributed by atoms with Crippen molar-refractivity contribution in [2.75, 3.05) is 6.54 Å². The second-order valence-corrected chi connectivity index (χ2v) is 6.98. The minimum absolute atomic E-state index is 0.0284. The Morgan fingerprint density at radius 1 is 1.25 bits per heavy atom. The van der Waals surface area contributed by atoms with Gasteiger partial charge >= 0.3 is 0 Å². The number of amides is 1. The summed E-state index contributed by atoms with van der Waals surface area (Å²) in [7, 11) is 0. The van der Waals surface area contributed by atoms with Crippen LogP contribution in [-0.4, -0.2) is 12.5 Å². The maximum Gasteiger partial charge on any atom is 0.261 e. The molecule has 1 aliphatic rings. The number of thiophene rings is 1. The molecule has 104 valence electrons. The fraction of sp³-hybridized carbons (Fsp3) is 0.267. The van der Waals surface area contributed by atoms with Crippen LogP contribution >= 0.6 is 34.5 Å². The van der Waals surface area contributed by atoms with Crippen LogP contribution in [0.5, 0.6) is 0 Å². The first-order valence-electron chi connectivity index (χ1n) is 6.39. The molecule has 1 aliphatic heterocycles. The molecule has 0 saturated heterocycles. The highest BCUT2D eigenvalue weighted by molar-refractivity contribution is 7.14. The van der Waals surface area contributed by atoms with E-state index in [0.717, 1.165) is 27.3 Å². The first kappa shape index (κ1) is 13.9. The van der Waals surface area contributed by atoms with Crippen molar-refractivity contribution in [2.24, 2.45) is 0 Å². The Bertz CT molecular complexity index is 681. The quantitative estimate of drug-likeness (QED) is 0.813. The van der Waals surface area contributed by atoms with E-state index in [9.17, 15) is 4.79 Å². The molecule has 0 bridgehead atoms. The maximum absolute atomic E-state index is 12.1. The molecule has 5 heteroatoms. The van der Waals surface area contributed by atoms with E-state index in [0.29, 0.717) is 16.6 Å². The maximum atomic E-state index is 12.1. The molecular weight excluding hydrogens is 313 g/mol. The van der Waals surface area contributed by atoms with Gasteiger partial charge in [-0.2, -0.15) is 0 Å². The molecule has 1 amide bonds. The first-order valence-corrected chi connectivity index (χ1v) is 7.97. The molecule has 1 unspecified atom stereocenters. The molecule has 1 atom stereocenters. The lowest BCUT2D eigenvalue weighted by Gasteiger charge is -2.15. The topological polar surface area (TPSA) is 29.1 Å². The third-order valence-electron chi connectivity index (χ3n) is 3.53. The van der Waals surface area contributed by atoms with Crippen molar-refractivity contribution in [3.63, 3.8) is 0 Å². The molecule has 0 saturated carbocycles.